The molecule has 0 aliphatic rings. The summed E-state index contributed by atoms with van der Waals surface area (Å²) in [7, 11) is 0. The molecule has 0 spiro atoms. The minimum Gasteiger partial charge on any atom is -0.0622 e. The van der Waals surface area contributed by atoms with E-state index in [0.717, 1.165) is 0 Å². The number of benzene rings is 1. The normalized spacial score (nSPS) is 7.62. The van der Waals surface area contributed by atoms with Gasteiger partial charge in [-0.3, -0.25) is 0 Å². The summed E-state index contributed by atoms with van der Waals surface area (Å²) in [4.78, 5) is 0. The SMILES string of the molecule is Cc1ccccc1.[S]. The van der Waals surface area contributed by atoms with E-state index < -0.39 is 0 Å². The van der Waals surface area contributed by atoms with Crippen molar-refractivity contribution in [1.82, 2.24) is 0 Å². The Hall–Kier alpha value is -0.430. The number of rotatable bonds is 0. The van der Waals surface area contributed by atoms with Gasteiger partial charge in [-0.25, -0.2) is 0 Å². The third-order valence-electron chi connectivity index (χ3n) is 0.940. The van der Waals surface area contributed by atoms with E-state index in [0.29, 0.717) is 0 Å². The van der Waals surface area contributed by atoms with Crippen molar-refractivity contribution in [1.29, 1.82) is 0 Å². The van der Waals surface area contributed by atoms with Crippen molar-refractivity contribution in [2.75, 3.05) is 0 Å². The van der Waals surface area contributed by atoms with Crippen LogP contribution in [0.3, 0.4) is 0 Å². The molecule has 0 saturated heterocycles. The van der Waals surface area contributed by atoms with E-state index in [1.54, 1.807) is 0 Å². The summed E-state index contributed by atoms with van der Waals surface area (Å²) in [6.45, 7) is 2.08. The Labute approximate surface area is 57.0 Å². The van der Waals surface area contributed by atoms with Crippen LogP contribution >= 0.6 is 13.5 Å². The van der Waals surface area contributed by atoms with Crippen LogP contribution in [0.2, 0.25) is 0 Å². The maximum atomic E-state index is 2.08. The van der Waals surface area contributed by atoms with Gasteiger partial charge in [-0.05, 0) is 6.92 Å². The monoisotopic (exact) mass is 124 g/mol. The Morgan fingerprint density at radius 3 is 1.75 bits per heavy atom. The van der Waals surface area contributed by atoms with Crippen LogP contribution in [0.15, 0.2) is 30.3 Å². The minimum atomic E-state index is 0. The molecule has 0 aliphatic heterocycles. The van der Waals surface area contributed by atoms with E-state index in [4.69, 9.17) is 0 Å². The van der Waals surface area contributed by atoms with Crippen molar-refractivity contribution in [3.63, 3.8) is 0 Å². The molecule has 0 saturated carbocycles. The van der Waals surface area contributed by atoms with Gasteiger partial charge in [0.2, 0.25) is 0 Å². The molecule has 42 valence electrons. The number of hydrogen-bond donors (Lipinski definition) is 0. The molecule has 0 fully saturated rings. The minimum absolute atomic E-state index is 0. The van der Waals surface area contributed by atoms with Gasteiger partial charge in [-0.2, -0.15) is 0 Å². The van der Waals surface area contributed by atoms with Crippen LogP contribution in [-0.2, 0) is 0 Å². The highest BCUT2D eigenvalue weighted by Crippen LogP contribution is 1.92. The average molecular weight is 124 g/mol. The zero-order valence-corrected chi connectivity index (χ0v) is 5.61. The maximum absolute atomic E-state index is 2.08. The Bertz CT molecular complexity index is 134. The fourth-order valence-electron chi connectivity index (χ4n) is 0.534. The fourth-order valence-corrected chi connectivity index (χ4v) is 0.534. The lowest BCUT2D eigenvalue weighted by Gasteiger charge is -1.82. The highest BCUT2D eigenvalue weighted by molar-refractivity contribution is 7.59. The van der Waals surface area contributed by atoms with Gasteiger partial charge in [0.1, 0.15) is 0 Å². The average Bonchev–Trinajstić information content (AvgIpc) is 1.69. The van der Waals surface area contributed by atoms with Gasteiger partial charge < -0.3 is 0 Å². The van der Waals surface area contributed by atoms with Crippen molar-refractivity contribution in [3.05, 3.63) is 35.9 Å². The summed E-state index contributed by atoms with van der Waals surface area (Å²) in [5.41, 5.74) is 1.32. The molecular formula is C7H8S. The van der Waals surface area contributed by atoms with E-state index >= 15 is 0 Å². The Morgan fingerprint density at radius 1 is 1.00 bits per heavy atom. The summed E-state index contributed by atoms with van der Waals surface area (Å²) in [5, 5.41) is 0. The number of aryl methyl sites for hydroxylation is 1. The van der Waals surface area contributed by atoms with E-state index in [9.17, 15) is 0 Å². The first-order valence-electron chi connectivity index (χ1n) is 2.41. The van der Waals surface area contributed by atoms with Crippen molar-refractivity contribution in [2.45, 2.75) is 6.92 Å². The molecule has 0 amide bonds. The summed E-state index contributed by atoms with van der Waals surface area (Å²) < 4.78 is 0. The zero-order valence-electron chi connectivity index (χ0n) is 4.79. The molecule has 0 aliphatic carbocycles. The molecule has 1 heteroatoms. The topological polar surface area (TPSA) is 0 Å². The quantitative estimate of drug-likeness (QED) is 0.498. The largest absolute Gasteiger partial charge is 0.0622 e. The molecule has 0 unspecified atom stereocenters. The molecular weight excluding hydrogens is 116 g/mol. The van der Waals surface area contributed by atoms with Crippen LogP contribution in [0.1, 0.15) is 5.56 Å². The van der Waals surface area contributed by atoms with Gasteiger partial charge in [-0.15, -0.1) is 0 Å². The van der Waals surface area contributed by atoms with E-state index in [2.05, 4.69) is 19.1 Å². The van der Waals surface area contributed by atoms with Gasteiger partial charge >= 0.3 is 0 Å². The second-order valence-electron chi connectivity index (χ2n) is 1.65. The third kappa shape index (κ3) is 2.03. The molecule has 0 nitrogen and oxygen atoms in total. The molecule has 0 heterocycles. The Morgan fingerprint density at radius 2 is 1.50 bits per heavy atom. The summed E-state index contributed by atoms with van der Waals surface area (Å²) in [5.74, 6) is 0. The maximum Gasteiger partial charge on any atom is 0 e. The number of hydrogen-bond acceptors (Lipinski definition) is 0. The molecule has 8 heavy (non-hydrogen) atoms. The first kappa shape index (κ1) is 7.57. The molecule has 0 aromatic heterocycles. The van der Waals surface area contributed by atoms with Gasteiger partial charge in [0.15, 0.2) is 0 Å². The fraction of sp³-hybridized carbons (Fsp3) is 0.143. The van der Waals surface area contributed by atoms with Gasteiger partial charge in [-0.1, -0.05) is 35.9 Å². The third-order valence-corrected chi connectivity index (χ3v) is 0.940. The lowest BCUT2D eigenvalue weighted by atomic mass is 10.2. The van der Waals surface area contributed by atoms with Crippen molar-refractivity contribution >= 4 is 13.5 Å². The first-order valence-corrected chi connectivity index (χ1v) is 2.41. The predicted molar refractivity (Wildman–Crippen MR) is 38.8 cm³/mol. The van der Waals surface area contributed by atoms with Crippen LogP contribution in [-0.4, -0.2) is 0 Å². The van der Waals surface area contributed by atoms with Crippen molar-refractivity contribution < 1.29 is 0 Å². The van der Waals surface area contributed by atoms with Gasteiger partial charge in [0, 0.05) is 13.5 Å². The highest BCUT2D eigenvalue weighted by atomic mass is 32.1. The van der Waals surface area contributed by atoms with Gasteiger partial charge in [0.05, 0.1) is 0 Å². The van der Waals surface area contributed by atoms with Crippen LogP contribution in [0.25, 0.3) is 0 Å². The van der Waals surface area contributed by atoms with Gasteiger partial charge in [0.25, 0.3) is 0 Å². The van der Waals surface area contributed by atoms with Crippen molar-refractivity contribution in [3.8, 4) is 0 Å². The molecule has 1 aromatic carbocycles. The Kier molecular flexibility index (Phi) is 3.37. The second-order valence-corrected chi connectivity index (χ2v) is 1.65. The summed E-state index contributed by atoms with van der Waals surface area (Å²) in [6, 6.07) is 10.3. The first-order chi connectivity index (χ1) is 3.39. The predicted octanol–water partition coefficient (Wildman–Crippen LogP) is 2.64. The highest BCUT2D eigenvalue weighted by Gasteiger charge is 1.72. The molecule has 2 radical (unpaired) electrons. The van der Waals surface area contributed by atoms with E-state index in [1.807, 2.05) is 18.2 Å². The van der Waals surface area contributed by atoms with E-state index in [-0.39, 0.29) is 13.5 Å². The smallest absolute Gasteiger partial charge is 0 e. The van der Waals surface area contributed by atoms with Crippen molar-refractivity contribution in [2.24, 2.45) is 0 Å². The van der Waals surface area contributed by atoms with E-state index in [1.165, 1.54) is 5.56 Å². The lowest BCUT2D eigenvalue weighted by Crippen LogP contribution is -1.62. The zero-order chi connectivity index (χ0) is 5.11. The van der Waals surface area contributed by atoms with Crippen LogP contribution in [0.4, 0.5) is 0 Å². The lowest BCUT2D eigenvalue weighted by molar-refractivity contribution is 1.48. The van der Waals surface area contributed by atoms with Crippen LogP contribution in [0, 0.1) is 6.92 Å². The summed E-state index contributed by atoms with van der Waals surface area (Å²) >= 11 is 0. The molecule has 1 rings (SSSR count). The van der Waals surface area contributed by atoms with Crippen LogP contribution < -0.4 is 0 Å². The standard InChI is InChI=1S/C7H8.S/c1-7-5-3-2-4-6-7;/h2-6H,1H3;. The summed E-state index contributed by atoms with van der Waals surface area (Å²) in [6.07, 6.45) is 0. The second kappa shape index (κ2) is 3.56. The molecule has 0 N–H and O–H groups in total. The molecule has 1 aromatic rings. The molecule has 0 atom stereocenters. The van der Waals surface area contributed by atoms with Crippen LogP contribution in [0.5, 0.6) is 0 Å². The Balaban J connectivity index is 0.000000490. The molecule has 0 bridgehead atoms.